The normalized spacial score (nSPS) is 18.0. The predicted molar refractivity (Wildman–Crippen MR) is 38.0 cm³/mol. The van der Waals surface area contributed by atoms with E-state index in [9.17, 15) is 0 Å². The molecule has 0 fully saturated rings. The van der Waals surface area contributed by atoms with Gasteiger partial charge < -0.3 is 10.8 Å². The summed E-state index contributed by atoms with van der Waals surface area (Å²) in [6, 6.07) is 0. The number of aliphatic hydroxyl groups excluding tert-OH is 1. The molecular formula is C6H16N2O. The van der Waals surface area contributed by atoms with Gasteiger partial charge in [0.15, 0.2) is 0 Å². The fraction of sp³-hybridized carbons (Fsp3) is 1.00. The molecule has 0 aliphatic heterocycles. The van der Waals surface area contributed by atoms with Gasteiger partial charge in [-0.1, -0.05) is 0 Å². The number of nitrogens with zero attached hydrogens (tertiary/aromatic N) is 1. The summed E-state index contributed by atoms with van der Waals surface area (Å²) in [4.78, 5) is 1.88. The molecule has 0 amide bonds. The van der Waals surface area contributed by atoms with Crippen LogP contribution in [0.2, 0.25) is 0 Å². The van der Waals surface area contributed by atoms with Gasteiger partial charge in [0.05, 0.1) is 12.3 Å². The van der Waals surface area contributed by atoms with E-state index in [1.165, 1.54) is 0 Å². The van der Waals surface area contributed by atoms with Crippen molar-refractivity contribution in [3.63, 3.8) is 0 Å². The van der Waals surface area contributed by atoms with Gasteiger partial charge in [-0.05, 0) is 21.0 Å². The van der Waals surface area contributed by atoms with Crippen molar-refractivity contribution in [2.24, 2.45) is 5.73 Å². The van der Waals surface area contributed by atoms with Crippen LogP contribution in [0.15, 0.2) is 0 Å². The molecule has 0 saturated carbocycles. The molecule has 0 rings (SSSR count). The molecule has 0 spiro atoms. The van der Waals surface area contributed by atoms with Crippen molar-refractivity contribution in [2.75, 3.05) is 14.1 Å². The fourth-order valence-electron chi connectivity index (χ4n) is 0.560. The van der Waals surface area contributed by atoms with Gasteiger partial charge in [0.25, 0.3) is 0 Å². The summed E-state index contributed by atoms with van der Waals surface area (Å²) in [5.41, 5.74) is 5.58. The first-order chi connectivity index (χ1) is 4.04. The van der Waals surface area contributed by atoms with E-state index < -0.39 is 0 Å². The minimum Gasteiger partial charge on any atom is -0.393 e. The quantitative estimate of drug-likeness (QED) is 0.514. The third-order valence-corrected chi connectivity index (χ3v) is 1.25. The number of hydrogen-bond acceptors (Lipinski definition) is 3. The average Bonchev–Trinajstić information content (AvgIpc) is 1.63. The molecule has 0 aromatic rings. The predicted octanol–water partition coefficient (Wildman–Crippen LogP) is -0.396. The molecule has 0 aromatic carbocycles. The van der Waals surface area contributed by atoms with Crippen LogP contribution in [0.1, 0.15) is 13.3 Å². The number of rotatable bonds is 3. The Morgan fingerprint density at radius 1 is 1.56 bits per heavy atom. The summed E-state index contributed by atoms with van der Waals surface area (Å²) < 4.78 is 0. The van der Waals surface area contributed by atoms with Crippen LogP contribution in [0.4, 0.5) is 0 Å². The van der Waals surface area contributed by atoms with Crippen molar-refractivity contribution < 1.29 is 5.11 Å². The van der Waals surface area contributed by atoms with Crippen molar-refractivity contribution in [2.45, 2.75) is 25.6 Å². The molecule has 2 atom stereocenters. The molecule has 0 radical (unpaired) electrons. The van der Waals surface area contributed by atoms with Crippen molar-refractivity contribution in [3.05, 3.63) is 0 Å². The molecule has 0 aliphatic rings. The summed E-state index contributed by atoms with van der Waals surface area (Å²) in [6.45, 7) is 1.74. The molecule has 3 nitrogen and oxygen atoms in total. The molecule has 0 bridgehead atoms. The minimum absolute atomic E-state index is 0.0231. The lowest BCUT2D eigenvalue weighted by atomic mass is 10.2. The van der Waals surface area contributed by atoms with Crippen LogP contribution in [-0.4, -0.2) is 36.4 Å². The Morgan fingerprint density at radius 2 is 2.00 bits per heavy atom. The first-order valence-electron chi connectivity index (χ1n) is 3.14. The average molecular weight is 132 g/mol. The number of hydrogen-bond donors (Lipinski definition) is 2. The zero-order valence-electron chi connectivity index (χ0n) is 6.33. The van der Waals surface area contributed by atoms with Crippen LogP contribution in [0.25, 0.3) is 0 Å². The van der Waals surface area contributed by atoms with E-state index in [2.05, 4.69) is 0 Å². The highest BCUT2D eigenvalue weighted by Gasteiger charge is 2.06. The first-order valence-corrected chi connectivity index (χ1v) is 3.14. The molecule has 9 heavy (non-hydrogen) atoms. The zero-order chi connectivity index (χ0) is 7.44. The first kappa shape index (κ1) is 8.88. The summed E-state index contributed by atoms with van der Waals surface area (Å²) in [5, 5.41) is 8.86. The molecule has 0 heterocycles. The molecular weight excluding hydrogens is 116 g/mol. The minimum atomic E-state index is -0.303. The van der Waals surface area contributed by atoms with Gasteiger partial charge in [-0.3, -0.25) is 4.90 Å². The topological polar surface area (TPSA) is 49.5 Å². The molecule has 3 heteroatoms. The Kier molecular flexibility index (Phi) is 3.77. The molecule has 0 saturated heterocycles. The maximum Gasteiger partial charge on any atom is 0.0591 e. The summed E-state index contributed by atoms with van der Waals surface area (Å²) in [7, 11) is 3.79. The molecule has 0 aromatic heterocycles. The Bertz CT molecular complexity index is 73.5. The van der Waals surface area contributed by atoms with E-state index in [1.807, 2.05) is 19.0 Å². The van der Waals surface area contributed by atoms with Gasteiger partial charge >= 0.3 is 0 Å². The highest BCUT2D eigenvalue weighted by molar-refractivity contribution is 4.60. The number of nitrogens with two attached hydrogens (primary N) is 1. The van der Waals surface area contributed by atoms with Gasteiger partial charge in [0, 0.05) is 6.42 Å². The van der Waals surface area contributed by atoms with E-state index in [0.717, 1.165) is 0 Å². The third kappa shape index (κ3) is 4.39. The second-order valence-electron chi connectivity index (χ2n) is 2.62. The van der Waals surface area contributed by atoms with E-state index >= 15 is 0 Å². The van der Waals surface area contributed by atoms with Gasteiger partial charge in [0.1, 0.15) is 0 Å². The number of aliphatic hydroxyl groups is 1. The standard InChI is InChI=1S/C6H16N2O/c1-5(9)4-6(7)8(2)3/h5-6,9H,4,7H2,1-3H3. The van der Waals surface area contributed by atoms with Crippen LogP contribution >= 0.6 is 0 Å². The van der Waals surface area contributed by atoms with Gasteiger partial charge in [-0.2, -0.15) is 0 Å². The van der Waals surface area contributed by atoms with Crippen LogP contribution in [0.3, 0.4) is 0 Å². The van der Waals surface area contributed by atoms with E-state index in [1.54, 1.807) is 6.92 Å². The van der Waals surface area contributed by atoms with Crippen molar-refractivity contribution >= 4 is 0 Å². The summed E-state index contributed by atoms with van der Waals surface area (Å²) in [5.74, 6) is 0. The SMILES string of the molecule is CC(O)CC(N)N(C)C. The summed E-state index contributed by atoms with van der Waals surface area (Å²) in [6.07, 6.45) is 0.305. The Balaban J connectivity index is 3.38. The third-order valence-electron chi connectivity index (χ3n) is 1.25. The molecule has 2 unspecified atom stereocenters. The Hall–Kier alpha value is -0.120. The van der Waals surface area contributed by atoms with E-state index in [-0.39, 0.29) is 12.3 Å². The van der Waals surface area contributed by atoms with Crippen LogP contribution in [-0.2, 0) is 0 Å². The van der Waals surface area contributed by atoms with Crippen LogP contribution < -0.4 is 5.73 Å². The van der Waals surface area contributed by atoms with E-state index in [0.29, 0.717) is 6.42 Å². The van der Waals surface area contributed by atoms with Crippen molar-refractivity contribution in [1.29, 1.82) is 0 Å². The lowest BCUT2D eigenvalue weighted by Gasteiger charge is -2.20. The van der Waals surface area contributed by atoms with E-state index in [4.69, 9.17) is 10.8 Å². The van der Waals surface area contributed by atoms with Crippen LogP contribution in [0.5, 0.6) is 0 Å². The highest BCUT2D eigenvalue weighted by atomic mass is 16.3. The maximum atomic E-state index is 8.86. The maximum absolute atomic E-state index is 8.86. The molecule has 0 aliphatic carbocycles. The molecule has 56 valence electrons. The monoisotopic (exact) mass is 132 g/mol. The Labute approximate surface area is 56.5 Å². The van der Waals surface area contributed by atoms with Crippen molar-refractivity contribution in [1.82, 2.24) is 4.90 Å². The van der Waals surface area contributed by atoms with Gasteiger partial charge in [-0.25, -0.2) is 0 Å². The molecule has 3 N–H and O–H groups in total. The second kappa shape index (κ2) is 3.82. The fourth-order valence-corrected chi connectivity index (χ4v) is 0.560. The smallest absolute Gasteiger partial charge is 0.0591 e. The second-order valence-corrected chi connectivity index (χ2v) is 2.62. The zero-order valence-corrected chi connectivity index (χ0v) is 6.33. The van der Waals surface area contributed by atoms with Crippen LogP contribution in [0, 0.1) is 0 Å². The lowest BCUT2D eigenvalue weighted by Crippen LogP contribution is -2.38. The van der Waals surface area contributed by atoms with Gasteiger partial charge in [-0.15, -0.1) is 0 Å². The van der Waals surface area contributed by atoms with Gasteiger partial charge in [0.2, 0.25) is 0 Å². The highest BCUT2D eigenvalue weighted by Crippen LogP contribution is 1.95. The van der Waals surface area contributed by atoms with Crippen molar-refractivity contribution in [3.8, 4) is 0 Å². The Morgan fingerprint density at radius 3 is 2.11 bits per heavy atom. The summed E-state index contributed by atoms with van der Waals surface area (Å²) >= 11 is 0. The largest absolute Gasteiger partial charge is 0.393 e. The lowest BCUT2D eigenvalue weighted by molar-refractivity contribution is 0.140.